The van der Waals surface area contributed by atoms with Gasteiger partial charge in [0.1, 0.15) is 0 Å². The number of hydrogen-bond donors (Lipinski definition) is 1. The minimum absolute atomic E-state index is 0.947. The topological polar surface area (TPSA) is 15.3 Å². The third-order valence-electron chi connectivity index (χ3n) is 2.91. The van der Waals surface area contributed by atoms with E-state index in [2.05, 4.69) is 65.2 Å². The van der Waals surface area contributed by atoms with Crippen LogP contribution in [0.15, 0.2) is 22.7 Å². The Morgan fingerprint density at radius 1 is 1.38 bits per heavy atom. The van der Waals surface area contributed by atoms with E-state index in [0.717, 1.165) is 26.2 Å². The molecule has 0 aliphatic carbocycles. The van der Waals surface area contributed by atoms with E-state index < -0.39 is 0 Å². The molecule has 0 atom stereocenters. The van der Waals surface area contributed by atoms with Crippen LogP contribution in [0.25, 0.3) is 0 Å². The smallest absolute Gasteiger partial charge is 0.0209 e. The van der Waals surface area contributed by atoms with E-state index in [1.54, 1.807) is 0 Å². The first-order valence-electron chi connectivity index (χ1n) is 5.78. The molecule has 90 valence electrons. The van der Waals surface area contributed by atoms with Crippen molar-refractivity contribution < 1.29 is 0 Å². The highest BCUT2D eigenvalue weighted by atomic mass is 79.9. The molecule has 1 N–H and O–H groups in total. The van der Waals surface area contributed by atoms with Crippen LogP contribution in [0.4, 0.5) is 0 Å². The minimum Gasteiger partial charge on any atom is -0.311 e. The normalized spacial score (nSPS) is 11.1. The maximum Gasteiger partial charge on any atom is 0.0209 e. The van der Waals surface area contributed by atoms with Crippen LogP contribution in [-0.4, -0.2) is 31.6 Å². The van der Waals surface area contributed by atoms with Crippen LogP contribution in [0.5, 0.6) is 0 Å². The third-order valence-corrected chi connectivity index (χ3v) is 3.76. The van der Waals surface area contributed by atoms with Crippen LogP contribution < -0.4 is 5.32 Å². The number of benzene rings is 1. The van der Waals surface area contributed by atoms with Crippen molar-refractivity contribution in [2.45, 2.75) is 20.4 Å². The number of rotatable bonds is 6. The molecular formula is C13H21BrN2. The lowest BCUT2D eigenvalue weighted by Gasteiger charge is -2.14. The molecule has 16 heavy (non-hydrogen) atoms. The summed E-state index contributed by atoms with van der Waals surface area (Å²) in [6.07, 6.45) is 0. The molecule has 0 bridgehead atoms. The second-order valence-corrected chi connectivity index (χ2v) is 4.95. The summed E-state index contributed by atoms with van der Waals surface area (Å²) in [7, 11) is 2.14. The highest BCUT2D eigenvalue weighted by molar-refractivity contribution is 9.10. The van der Waals surface area contributed by atoms with Gasteiger partial charge in [0.15, 0.2) is 0 Å². The molecule has 0 unspecified atom stereocenters. The Labute approximate surface area is 107 Å². The fourth-order valence-corrected chi connectivity index (χ4v) is 1.90. The largest absolute Gasteiger partial charge is 0.311 e. The number of halogens is 1. The summed E-state index contributed by atoms with van der Waals surface area (Å²) in [5.41, 5.74) is 2.70. The average Bonchev–Trinajstić information content (AvgIpc) is 2.29. The predicted molar refractivity (Wildman–Crippen MR) is 73.8 cm³/mol. The molecule has 0 fully saturated rings. The van der Waals surface area contributed by atoms with Crippen molar-refractivity contribution in [3.63, 3.8) is 0 Å². The monoisotopic (exact) mass is 284 g/mol. The molecule has 0 aromatic heterocycles. The zero-order valence-electron chi connectivity index (χ0n) is 10.4. The number of likely N-dealkylation sites (N-methyl/N-ethyl adjacent to an activating group) is 1. The van der Waals surface area contributed by atoms with Crippen molar-refractivity contribution in [3.05, 3.63) is 33.8 Å². The molecule has 0 aliphatic rings. The average molecular weight is 285 g/mol. The zero-order valence-corrected chi connectivity index (χ0v) is 12.0. The van der Waals surface area contributed by atoms with E-state index in [1.165, 1.54) is 15.6 Å². The van der Waals surface area contributed by atoms with Crippen LogP contribution in [0.3, 0.4) is 0 Å². The molecule has 1 rings (SSSR count). The molecule has 0 amide bonds. The van der Waals surface area contributed by atoms with Gasteiger partial charge in [0.25, 0.3) is 0 Å². The van der Waals surface area contributed by atoms with E-state index in [0.29, 0.717) is 0 Å². The summed E-state index contributed by atoms with van der Waals surface area (Å²) in [6.45, 7) is 8.53. The first-order valence-corrected chi connectivity index (χ1v) is 6.57. The van der Waals surface area contributed by atoms with Gasteiger partial charge >= 0.3 is 0 Å². The van der Waals surface area contributed by atoms with Gasteiger partial charge < -0.3 is 10.2 Å². The minimum atomic E-state index is 0.947. The Balaban J connectivity index is 2.35. The highest BCUT2D eigenvalue weighted by Gasteiger charge is 2.01. The van der Waals surface area contributed by atoms with Crippen molar-refractivity contribution >= 4 is 15.9 Å². The summed E-state index contributed by atoms with van der Waals surface area (Å²) < 4.78 is 1.19. The lowest BCUT2D eigenvalue weighted by molar-refractivity contribution is 0.349. The first kappa shape index (κ1) is 13.7. The van der Waals surface area contributed by atoms with Crippen molar-refractivity contribution in [3.8, 4) is 0 Å². The molecular weight excluding hydrogens is 264 g/mol. The predicted octanol–water partition coefficient (Wildman–Crippen LogP) is 2.80. The summed E-state index contributed by atoms with van der Waals surface area (Å²) in [4.78, 5) is 2.31. The van der Waals surface area contributed by atoms with Crippen molar-refractivity contribution in [2.75, 3.05) is 26.7 Å². The Morgan fingerprint density at radius 2 is 2.12 bits per heavy atom. The Bertz CT molecular complexity index is 326. The summed E-state index contributed by atoms with van der Waals surface area (Å²) in [6, 6.07) is 6.35. The standard InChI is InChI=1S/C13H21BrN2/c1-4-16(3)9-8-15-10-12-6-5-7-13(14)11(12)2/h5-7,15H,4,8-10H2,1-3H3. The van der Waals surface area contributed by atoms with E-state index in [-0.39, 0.29) is 0 Å². The summed E-state index contributed by atoms with van der Waals surface area (Å²) in [5, 5.41) is 3.47. The Morgan fingerprint density at radius 3 is 2.81 bits per heavy atom. The summed E-state index contributed by atoms with van der Waals surface area (Å²) >= 11 is 3.55. The third kappa shape index (κ3) is 4.24. The van der Waals surface area contributed by atoms with Gasteiger partial charge in [-0.2, -0.15) is 0 Å². The fraction of sp³-hybridized carbons (Fsp3) is 0.538. The Kier molecular flexibility index (Phi) is 6.03. The van der Waals surface area contributed by atoms with E-state index in [9.17, 15) is 0 Å². The van der Waals surface area contributed by atoms with Crippen LogP contribution in [0.2, 0.25) is 0 Å². The van der Waals surface area contributed by atoms with Crippen LogP contribution in [-0.2, 0) is 6.54 Å². The van der Waals surface area contributed by atoms with Crippen LogP contribution in [0.1, 0.15) is 18.1 Å². The van der Waals surface area contributed by atoms with Crippen molar-refractivity contribution in [1.82, 2.24) is 10.2 Å². The first-order chi connectivity index (χ1) is 7.65. The van der Waals surface area contributed by atoms with Gasteiger partial charge in [-0.3, -0.25) is 0 Å². The van der Waals surface area contributed by atoms with Gasteiger partial charge in [0, 0.05) is 24.1 Å². The number of hydrogen-bond acceptors (Lipinski definition) is 2. The molecule has 2 nitrogen and oxygen atoms in total. The summed E-state index contributed by atoms with van der Waals surface area (Å²) in [5.74, 6) is 0. The maximum absolute atomic E-state index is 3.55. The quantitative estimate of drug-likeness (QED) is 0.809. The SMILES string of the molecule is CCN(C)CCNCc1cccc(Br)c1C. The number of nitrogens with zero attached hydrogens (tertiary/aromatic N) is 1. The second-order valence-electron chi connectivity index (χ2n) is 4.10. The molecule has 0 aliphatic heterocycles. The zero-order chi connectivity index (χ0) is 12.0. The van der Waals surface area contributed by atoms with Gasteiger partial charge in [-0.25, -0.2) is 0 Å². The van der Waals surface area contributed by atoms with Crippen LogP contribution in [0, 0.1) is 6.92 Å². The van der Waals surface area contributed by atoms with E-state index >= 15 is 0 Å². The molecule has 0 heterocycles. The molecule has 1 aromatic carbocycles. The lowest BCUT2D eigenvalue weighted by Crippen LogP contribution is -2.28. The molecule has 3 heteroatoms. The maximum atomic E-state index is 3.55. The fourth-order valence-electron chi connectivity index (χ4n) is 1.49. The number of nitrogens with one attached hydrogen (secondary N) is 1. The van der Waals surface area contributed by atoms with Crippen LogP contribution >= 0.6 is 15.9 Å². The second kappa shape index (κ2) is 7.05. The molecule has 1 aromatic rings. The lowest BCUT2D eigenvalue weighted by atomic mass is 10.1. The van der Waals surface area contributed by atoms with Gasteiger partial charge in [-0.05, 0) is 37.7 Å². The van der Waals surface area contributed by atoms with Crippen molar-refractivity contribution in [1.29, 1.82) is 0 Å². The molecule has 0 spiro atoms. The van der Waals surface area contributed by atoms with Gasteiger partial charge in [0.05, 0.1) is 0 Å². The van der Waals surface area contributed by atoms with Gasteiger partial charge in [0.2, 0.25) is 0 Å². The van der Waals surface area contributed by atoms with Gasteiger partial charge in [-0.15, -0.1) is 0 Å². The van der Waals surface area contributed by atoms with Crippen molar-refractivity contribution in [2.24, 2.45) is 0 Å². The molecule has 0 radical (unpaired) electrons. The molecule has 0 saturated heterocycles. The van der Waals surface area contributed by atoms with E-state index in [1.807, 2.05) is 0 Å². The highest BCUT2D eigenvalue weighted by Crippen LogP contribution is 2.18. The van der Waals surface area contributed by atoms with E-state index in [4.69, 9.17) is 0 Å². The Hall–Kier alpha value is -0.380. The van der Waals surface area contributed by atoms with Gasteiger partial charge in [-0.1, -0.05) is 35.0 Å². The molecule has 0 saturated carbocycles.